The molecule has 2 heterocycles. The highest BCUT2D eigenvalue weighted by Gasteiger charge is 2.30. The second-order valence-electron chi connectivity index (χ2n) is 8.59. The lowest BCUT2D eigenvalue weighted by atomic mass is 9.96. The van der Waals surface area contributed by atoms with Crippen LogP contribution in [0.3, 0.4) is 0 Å². The van der Waals surface area contributed by atoms with E-state index in [1.165, 1.54) is 13.2 Å². The van der Waals surface area contributed by atoms with E-state index in [-0.39, 0.29) is 18.1 Å². The van der Waals surface area contributed by atoms with Crippen LogP contribution in [-0.2, 0) is 36.2 Å². The number of oxazole rings is 1. The van der Waals surface area contributed by atoms with Gasteiger partial charge in [-0.05, 0) is 31.2 Å². The summed E-state index contributed by atoms with van der Waals surface area (Å²) >= 11 is 5.81. The number of esters is 1. The second kappa shape index (κ2) is 14.2. The molecule has 0 saturated carbocycles. The summed E-state index contributed by atoms with van der Waals surface area (Å²) in [5.41, 5.74) is 2.81. The Morgan fingerprint density at radius 1 is 1.29 bits per heavy atom. The number of rotatable bonds is 14. The van der Waals surface area contributed by atoms with Crippen molar-refractivity contribution in [3.8, 4) is 0 Å². The first-order valence-corrected chi connectivity index (χ1v) is 12.4. The van der Waals surface area contributed by atoms with Crippen molar-refractivity contribution in [3.05, 3.63) is 78.6 Å². The molecule has 1 aromatic heterocycles. The van der Waals surface area contributed by atoms with E-state index < -0.39 is 18.4 Å². The Labute approximate surface area is 212 Å². The number of hydrogen-bond donors (Lipinski definition) is 0. The molecule has 2 aromatic rings. The molecule has 190 valence electrons. The van der Waals surface area contributed by atoms with E-state index in [4.69, 9.17) is 35.0 Å². The molecule has 1 aromatic carbocycles. The Morgan fingerprint density at radius 3 is 2.74 bits per heavy atom. The van der Waals surface area contributed by atoms with Crippen LogP contribution in [-0.4, -0.2) is 36.1 Å². The number of hydrogen-bond acceptors (Lipinski definition) is 7. The third-order valence-electron chi connectivity index (χ3n) is 5.58. The molecule has 35 heavy (non-hydrogen) atoms. The first kappa shape index (κ1) is 27.1. The minimum atomic E-state index is -0.820. The Balaban J connectivity index is 1.56. The average molecular weight is 504 g/mol. The summed E-state index contributed by atoms with van der Waals surface area (Å²) in [6.45, 7) is 10.5. The first-order valence-electron chi connectivity index (χ1n) is 11.8. The molecular formula is C27H34ClNO6. The maximum Gasteiger partial charge on any atom is 0.304 e. The number of alkyl halides is 1. The van der Waals surface area contributed by atoms with Crippen LogP contribution >= 0.6 is 11.6 Å². The number of benzene rings is 1. The Morgan fingerprint density at radius 2 is 2.06 bits per heavy atom. The zero-order valence-corrected chi connectivity index (χ0v) is 21.0. The van der Waals surface area contributed by atoms with Gasteiger partial charge in [0.1, 0.15) is 18.1 Å². The van der Waals surface area contributed by atoms with Gasteiger partial charge in [0.05, 0.1) is 24.7 Å². The highest BCUT2D eigenvalue weighted by atomic mass is 35.5. The quantitative estimate of drug-likeness (QED) is 0.102. The van der Waals surface area contributed by atoms with Crippen molar-refractivity contribution in [2.24, 2.45) is 0 Å². The Bertz CT molecular complexity index is 946. The van der Waals surface area contributed by atoms with Crippen molar-refractivity contribution < 1.29 is 28.2 Å². The average Bonchev–Trinajstić information content (AvgIpc) is 3.31. The molecule has 1 fully saturated rings. The van der Waals surface area contributed by atoms with Crippen molar-refractivity contribution in [1.29, 1.82) is 0 Å². The van der Waals surface area contributed by atoms with Gasteiger partial charge in [0.25, 0.3) is 0 Å². The fourth-order valence-electron chi connectivity index (χ4n) is 4.03. The van der Waals surface area contributed by atoms with E-state index in [1.54, 1.807) is 6.08 Å². The molecule has 0 N–H and O–H groups in total. The van der Waals surface area contributed by atoms with Crippen molar-refractivity contribution in [3.63, 3.8) is 0 Å². The predicted molar refractivity (Wildman–Crippen MR) is 133 cm³/mol. The molecule has 1 aliphatic heterocycles. The molecule has 0 bridgehead atoms. The molecule has 1 saturated heterocycles. The molecule has 4 atom stereocenters. The molecule has 0 amide bonds. The smallest absolute Gasteiger partial charge is 0.304 e. The highest BCUT2D eigenvalue weighted by molar-refractivity contribution is 6.16. The first-order chi connectivity index (χ1) is 17.0. The van der Waals surface area contributed by atoms with E-state index in [2.05, 4.69) is 18.1 Å². The van der Waals surface area contributed by atoms with Gasteiger partial charge < -0.3 is 23.4 Å². The molecule has 0 radical (unpaired) electrons. The molecule has 0 aliphatic carbocycles. The predicted octanol–water partition coefficient (Wildman–Crippen LogP) is 6.04. The lowest BCUT2D eigenvalue weighted by Crippen LogP contribution is -2.35. The number of carbonyl (C=O) groups excluding carboxylic acids is 1. The number of nitrogens with zero attached hydrogens (tertiary/aromatic N) is 1. The van der Waals surface area contributed by atoms with Crippen LogP contribution in [0.5, 0.6) is 0 Å². The third-order valence-corrected chi connectivity index (χ3v) is 5.81. The van der Waals surface area contributed by atoms with Crippen LogP contribution in [0.1, 0.15) is 62.3 Å². The Kier molecular flexibility index (Phi) is 11.0. The van der Waals surface area contributed by atoms with E-state index in [0.29, 0.717) is 44.1 Å². The van der Waals surface area contributed by atoms with Crippen LogP contribution < -0.4 is 0 Å². The van der Waals surface area contributed by atoms with E-state index in [0.717, 1.165) is 24.0 Å². The summed E-state index contributed by atoms with van der Waals surface area (Å²) in [5, 5.41) is 0. The molecular weight excluding hydrogens is 470 g/mol. The van der Waals surface area contributed by atoms with Crippen LogP contribution in [0, 0.1) is 0 Å². The molecule has 3 rings (SSSR count). The zero-order chi connectivity index (χ0) is 25.0. The van der Waals surface area contributed by atoms with Crippen LogP contribution in [0.15, 0.2) is 65.8 Å². The zero-order valence-electron chi connectivity index (χ0n) is 20.2. The summed E-state index contributed by atoms with van der Waals surface area (Å²) in [6, 6.07) is 10.1. The fraction of sp³-hybridized carbons (Fsp3) is 0.481. The summed E-state index contributed by atoms with van der Waals surface area (Å²) in [5.74, 6) is 0.116. The van der Waals surface area contributed by atoms with Crippen LogP contribution in [0.2, 0.25) is 0 Å². The lowest BCUT2D eigenvalue weighted by Gasteiger charge is -2.34. The van der Waals surface area contributed by atoms with Crippen molar-refractivity contribution >= 4 is 17.6 Å². The maximum absolute atomic E-state index is 11.8. The van der Waals surface area contributed by atoms with Crippen molar-refractivity contribution in [2.45, 2.75) is 76.1 Å². The van der Waals surface area contributed by atoms with Gasteiger partial charge in [-0.3, -0.25) is 4.79 Å². The number of aromatic nitrogens is 1. The van der Waals surface area contributed by atoms with E-state index in [9.17, 15) is 4.79 Å². The van der Waals surface area contributed by atoms with Gasteiger partial charge in [-0.25, -0.2) is 4.98 Å². The topological polar surface area (TPSA) is 80.0 Å². The van der Waals surface area contributed by atoms with Gasteiger partial charge in [-0.2, -0.15) is 0 Å². The molecule has 7 nitrogen and oxygen atoms in total. The number of carbonyl (C=O) groups is 1. The highest BCUT2D eigenvalue weighted by Crippen LogP contribution is 2.31. The summed E-state index contributed by atoms with van der Waals surface area (Å²) in [4.78, 5) is 16.1. The summed E-state index contributed by atoms with van der Waals surface area (Å²) in [7, 11) is 0. The maximum atomic E-state index is 11.8. The number of halogens is 1. The van der Waals surface area contributed by atoms with Gasteiger partial charge in [0.15, 0.2) is 0 Å². The van der Waals surface area contributed by atoms with Gasteiger partial charge >= 0.3 is 5.97 Å². The van der Waals surface area contributed by atoms with Gasteiger partial charge in [-0.1, -0.05) is 48.6 Å². The second-order valence-corrected chi connectivity index (χ2v) is 8.86. The monoisotopic (exact) mass is 503 g/mol. The van der Waals surface area contributed by atoms with E-state index >= 15 is 0 Å². The Hall–Kier alpha value is -2.45. The fourth-order valence-corrected chi connectivity index (χ4v) is 4.15. The largest absolute Gasteiger partial charge is 0.447 e. The molecule has 1 aliphatic rings. The van der Waals surface area contributed by atoms with E-state index in [1.807, 2.05) is 30.3 Å². The molecule has 0 spiro atoms. The van der Waals surface area contributed by atoms with Gasteiger partial charge in [0, 0.05) is 20.0 Å². The standard InChI is InChI=1S/C27H34ClNO6/c1-4-8-25(24-18-32-26(16-28)29-24)35-27(33-20(3)30)15-23-14-19(2)13-22(34-23)11-12-31-17-21-9-6-5-7-10-21/h4-7,9-10,18,22-23,25,27H,1-2,8,11-17H2,3H3/t22-,23+,25+,27?/m0/s1. The molecule has 1 unspecified atom stereocenters. The molecule has 8 heteroatoms. The minimum absolute atomic E-state index is 0.0132. The van der Waals surface area contributed by atoms with Crippen molar-refractivity contribution in [2.75, 3.05) is 6.61 Å². The third kappa shape index (κ3) is 9.26. The summed E-state index contributed by atoms with van der Waals surface area (Å²) in [6.07, 6.45) is 4.74. The normalized spacial score (nSPS) is 19.8. The number of ether oxygens (including phenoxy) is 4. The SMILES string of the molecule is C=CC[C@@H](OC(C[C@H]1CC(=C)C[C@H](CCOCc2ccccc2)O1)OC(C)=O)c1coc(CCl)n1. The van der Waals surface area contributed by atoms with Crippen LogP contribution in [0.25, 0.3) is 0 Å². The van der Waals surface area contributed by atoms with Crippen LogP contribution in [0.4, 0.5) is 0 Å². The van der Waals surface area contributed by atoms with Crippen molar-refractivity contribution in [1.82, 2.24) is 4.98 Å². The minimum Gasteiger partial charge on any atom is -0.447 e. The van der Waals surface area contributed by atoms with Gasteiger partial charge in [0.2, 0.25) is 12.2 Å². The summed E-state index contributed by atoms with van der Waals surface area (Å²) < 4.78 is 29.1. The van der Waals surface area contributed by atoms with Gasteiger partial charge in [-0.15, -0.1) is 18.2 Å². The lowest BCUT2D eigenvalue weighted by molar-refractivity contribution is -0.201.